The van der Waals surface area contributed by atoms with E-state index < -0.39 is 29.4 Å². The van der Waals surface area contributed by atoms with Crippen LogP contribution in [0.15, 0.2) is 12.1 Å². The smallest absolute Gasteiger partial charge is 0.322 e. The van der Waals surface area contributed by atoms with Crippen LogP contribution in [-0.2, 0) is 16.1 Å². The average molecular weight is 287 g/mol. The maximum absolute atomic E-state index is 13.2. The maximum atomic E-state index is 13.2. The van der Waals surface area contributed by atoms with E-state index in [-0.39, 0.29) is 12.5 Å². The minimum absolute atomic E-state index is 0.0978. The normalized spacial score (nSPS) is 12.5. The van der Waals surface area contributed by atoms with Crippen molar-refractivity contribution in [3.8, 4) is 5.75 Å². The molecule has 0 aliphatic rings. The number of hydrogen-bond donors (Lipinski definition) is 2. The molecule has 0 bridgehead atoms. The Labute approximate surface area is 116 Å². The summed E-state index contributed by atoms with van der Waals surface area (Å²) < 4.78 is 31.1. The molecule has 0 amide bonds. The van der Waals surface area contributed by atoms with Crippen molar-refractivity contribution in [2.45, 2.75) is 32.9 Å². The highest BCUT2D eigenvalue weighted by Crippen LogP contribution is 2.21. The van der Waals surface area contributed by atoms with E-state index in [1.54, 1.807) is 0 Å². The third-order valence-electron chi connectivity index (χ3n) is 2.82. The second-order valence-corrected chi connectivity index (χ2v) is 4.99. The highest BCUT2D eigenvalue weighted by Gasteiger charge is 2.20. The molecular weight excluding hydrogens is 268 g/mol. The molecule has 1 unspecified atom stereocenters. The highest BCUT2D eigenvalue weighted by atomic mass is 19.1. The molecule has 0 saturated carbocycles. The molecule has 0 aliphatic heterocycles. The van der Waals surface area contributed by atoms with E-state index in [4.69, 9.17) is 5.11 Å². The molecule has 112 valence electrons. The molecule has 0 heterocycles. The van der Waals surface area contributed by atoms with Gasteiger partial charge in [-0.15, -0.1) is 0 Å². The Balaban J connectivity index is 2.74. The number of aromatic hydroxyl groups is 1. The van der Waals surface area contributed by atoms with Crippen LogP contribution < -0.4 is 5.32 Å². The number of hydrogen-bond acceptors (Lipinski definition) is 4. The van der Waals surface area contributed by atoms with Crippen molar-refractivity contribution < 1.29 is 23.4 Å². The Morgan fingerprint density at radius 1 is 1.35 bits per heavy atom. The van der Waals surface area contributed by atoms with Gasteiger partial charge in [0.05, 0.1) is 7.11 Å². The third kappa shape index (κ3) is 4.45. The molecule has 2 N–H and O–H groups in total. The SMILES string of the molecule is COC(=O)C(CC(C)C)NCc1cc(F)c(O)c(F)c1. The molecule has 0 fully saturated rings. The molecule has 1 atom stereocenters. The van der Waals surface area contributed by atoms with Crippen molar-refractivity contribution in [1.29, 1.82) is 0 Å². The third-order valence-corrected chi connectivity index (χ3v) is 2.82. The maximum Gasteiger partial charge on any atom is 0.322 e. The van der Waals surface area contributed by atoms with Gasteiger partial charge in [0.1, 0.15) is 6.04 Å². The molecule has 1 aromatic rings. The van der Waals surface area contributed by atoms with E-state index in [0.29, 0.717) is 12.0 Å². The number of nitrogens with one attached hydrogen (secondary N) is 1. The summed E-state index contributed by atoms with van der Waals surface area (Å²) in [6.07, 6.45) is 0.551. The molecule has 0 saturated heterocycles. The molecule has 0 aliphatic carbocycles. The lowest BCUT2D eigenvalue weighted by atomic mass is 10.0. The summed E-state index contributed by atoms with van der Waals surface area (Å²) in [6, 6.07) is 1.50. The molecule has 4 nitrogen and oxygen atoms in total. The van der Waals surface area contributed by atoms with Gasteiger partial charge in [-0.2, -0.15) is 0 Å². The lowest BCUT2D eigenvalue weighted by Crippen LogP contribution is -2.38. The van der Waals surface area contributed by atoms with Gasteiger partial charge in [0.15, 0.2) is 17.4 Å². The number of carbonyl (C=O) groups is 1. The van der Waals surface area contributed by atoms with Crippen molar-refractivity contribution in [3.05, 3.63) is 29.3 Å². The summed E-state index contributed by atoms with van der Waals surface area (Å²) in [7, 11) is 1.29. The fourth-order valence-electron chi connectivity index (χ4n) is 1.84. The Bertz CT molecular complexity index is 454. The first-order valence-corrected chi connectivity index (χ1v) is 6.33. The lowest BCUT2D eigenvalue weighted by Gasteiger charge is -2.18. The van der Waals surface area contributed by atoms with Crippen LogP contribution in [0.1, 0.15) is 25.8 Å². The average Bonchev–Trinajstić information content (AvgIpc) is 2.39. The Morgan fingerprint density at radius 3 is 2.35 bits per heavy atom. The van der Waals surface area contributed by atoms with Gasteiger partial charge in [0.2, 0.25) is 0 Å². The van der Waals surface area contributed by atoms with Crippen LogP contribution in [0.25, 0.3) is 0 Å². The summed E-state index contributed by atoms with van der Waals surface area (Å²) in [5.74, 6) is -3.21. The minimum atomic E-state index is -1.03. The fraction of sp³-hybridized carbons (Fsp3) is 0.500. The predicted molar refractivity (Wildman–Crippen MR) is 70.1 cm³/mol. The van der Waals surface area contributed by atoms with Gasteiger partial charge in [0.25, 0.3) is 0 Å². The zero-order chi connectivity index (χ0) is 15.3. The van der Waals surface area contributed by atoms with Gasteiger partial charge < -0.3 is 15.2 Å². The molecule has 1 rings (SSSR count). The fourth-order valence-corrected chi connectivity index (χ4v) is 1.84. The highest BCUT2D eigenvalue weighted by molar-refractivity contribution is 5.75. The van der Waals surface area contributed by atoms with E-state index in [1.165, 1.54) is 7.11 Å². The summed E-state index contributed by atoms with van der Waals surface area (Å²) in [5.41, 5.74) is 0.301. The first kappa shape index (κ1) is 16.4. The van der Waals surface area contributed by atoms with Crippen LogP contribution >= 0.6 is 0 Å². The van der Waals surface area contributed by atoms with Crippen molar-refractivity contribution in [1.82, 2.24) is 5.32 Å². The zero-order valence-corrected chi connectivity index (χ0v) is 11.7. The molecule has 1 aromatic carbocycles. The monoisotopic (exact) mass is 287 g/mol. The number of carbonyl (C=O) groups excluding carboxylic acids is 1. The van der Waals surface area contributed by atoms with E-state index >= 15 is 0 Å². The van der Waals surface area contributed by atoms with Crippen LogP contribution in [0.3, 0.4) is 0 Å². The first-order chi connectivity index (χ1) is 9.35. The zero-order valence-electron chi connectivity index (χ0n) is 11.7. The summed E-state index contributed by atoms with van der Waals surface area (Å²) >= 11 is 0. The minimum Gasteiger partial charge on any atom is -0.503 e. The van der Waals surface area contributed by atoms with Crippen molar-refractivity contribution >= 4 is 5.97 Å². The predicted octanol–water partition coefficient (Wildman–Crippen LogP) is 2.35. The largest absolute Gasteiger partial charge is 0.503 e. The second-order valence-electron chi connectivity index (χ2n) is 4.99. The van der Waals surface area contributed by atoms with E-state index in [0.717, 1.165) is 12.1 Å². The molecule has 0 radical (unpaired) electrons. The molecular formula is C14H19F2NO3. The summed E-state index contributed by atoms with van der Waals surface area (Å²) in [4.78, 5) is 11.6. The number of esters is 1. The number of phenols is 1. The Kier molecular flexibility index (Phi) is 5.88. The number of rotatable bonds is 6. The topological polar surface area (TPSA) is 58.6 Å². The van der Waals surface area contributed by atoms with E-state index in [9.17, 15) is 13.6 Å². The van der Waals surface area contributed by atoms with Crippen molar-refractivity contribution in [2.24, 2.45) is 5.92 Å². The quantitative estimate of drug-likeness (QED) is 0.789. The first-order valence-electron chi connectivity index (χ1n) is 6.33. The molecule has 0 spiro atoms. The van der Waals surface area contributed by atoms with Crippen LogP contribution in [-0.4, -0.2) is 24.2 Å². The van der Waals surface area contributed by atoms with Gasteiger partial charge in [-0.05, 0) is 30.0 Å². The summed E-state index contributed by atoms with van der Waals surface area (Å²) in [6.45, 7) is 4.01. The number of halogens is 2. The van der Waals surface area contributed by atoms with Crippen molar-refractivity contribution in [2.75, 3.05) is 7.11 Å². The molecule has 0 aromatic heterocycles. The van der Waals surface area contributed by atoms with Gasteiger partial charge in [0, 0.05) is 6.54 Å². The van der Waals surface area contributed by atoms with Gasteiger partial charge in [-0.3, -0.25) is 4.79 Å². The number of ether oxygens (including phenoxy) is 1. The van der Waals surface area contributed by atoms with Gasteiger partial charge >= 0.3 is 5.97 Å². The van der Waals surface area contributed by atoms with Gasteiger partial charge in [-0.25, -0.2) is 8.78 Å². The van der Waals surface area contributed by atoms with Crippen LogP contribution in [0.2, 0.25) is 0 Å². The van der Waals surface area contributed by atoms with Gasteiger partial charge in [-0.1, -0.05) is 13.8 Å². The van der Waals surface area contributed by atoms with E-state index in [1.807, 2.05) is 13.8 Å². The van der Waals surface area contributed by atoms with Crippen molar-refractivity contribution in [3.63, 3.8) is 0 Å². The van der Waals surface area contributed by atoms with Crippen LogP contribution in [0, 0.1) is 17.6 Å². The molecule has 20 heavy (non-hydrogen) atoms. The van der Waals surface area contributed by atoms with Crippen LogP contribution in [0.5, 0.6) is 5.75 Å². The van der Waals surface area contributed by atoms with Crippen LogP contribution in [0.4, 0.5) is 8.78 Å². The Hall–Kier alpha value is -1.69. The number of methoxy groups -OCH3 is 1. The van der Waals surface area contributed by atoms with E-state index in [2.05, 4.69) is 10.1 Å². The Morgan fingerprint density at radius 2 is 1.90 bits per heavy atom. The summed E-state index contributed by atoms with van der Waals surface area (Å²) in [5, 5.41) is 11.9. The second kappa shape index (κ2) is 7.19. The standard InChI is InChI=1S/C14H19F2NO3/c1-8(2)4-12(14(19)20-3)17-7-9-5-10(15)13(18)11(16)6-9/h5-6,8,12,17-18H,4,7H2,1-3H3. The number of phenolic OH excluding ortho intramolecular Hbond substituents is 1. The molecule has 6 heteroatoms. The lowest BCUT2D eigenvalue weighted by molar-refractivity contribution is -0.143. The number of benzene rings is 1.